The Morgan fingerprint density at radius 1 is 0.854 bits per heavy atom. The van der Waals surface area contributed by atoms with Gasteiger partial charge in [-0.25, -0.2) is 0 Å². The number of benzene rings is 2. The fourth-order valence-electron chi connectivity index (χ4n) is 8.45. The third-order valence-corrected chi connectivity index (χ3v) is 11.0. The molecule has 0 radical (unpaired) electrons. The largest absolute Gasteiger partial charge is 0.496 e. The molecule has 2 aliphatic rings. The minimum Gasteiger partial charge on any atom is -0.496 e. The maximum Gasteiger partial charge on any atom is 0.232 e. The van der Waals surface area contributed by atoms with Crippen LogP contribution in [0.1, 0.15) is 87.8 Å². The first kappa shape index (κ1) is 36.0. The van der Waals surface area contributed by atoms with Gasteiger partial charge in [-0.3, -0.25) is 14.7 Å². The first-order chi connectivity index (χ1) is 23.6. The van der Waals surface area contributed by atoms with E-state index in [4.69, 9.17) is 10.5 Å². The van der Waals surface area contributed by atoms with E-state index in [0.29, 0.717) is 6.04 Å². The highest BCUT2D eigenvalue weighted by Crippen LogP contribution is 2.43. The SMILES string of the molecule is CCCN(CCCCCCCCN1CC[C@@H](C(C(N)=O)(c2ccccc2)c2ccccc2)C1)C1CCN(Cc2cnccc2OC)CC1. The molecule has 1 aromatic heterocycles. The number of primary amides is 1. The maximum atomic E-state index is 13.4. The van der Waals surface area contributed by atoms with Gasteiger partial charge in [-0.1, -0.05) is 93.3 Å². The molecule has 0 aliphatic carbocycles. The van der Waals surface area contributed by atoms with E-state index in [-0.39, 0.29) is 11.8 Å². The first-order valence-corrected chi connectivity index (χ1v) is 18.6. The Morgan fingerprint density at radius 3 is 2.10 bits per heavy atom. The van der Waals surface area contributed by atoms with Crippen LogP contribution >= 0.6 is 0 Å². The van der Waals surface area contributed by atoms with Crippen LogP contribution in [0.2, 0.25) is 0 Å². The summed E-state index contributed by atoms with van der Waals surface area (Å²) < 4.78 is 5.55. The molecule has 260 valence electrons. The summed E-state index contributed by atoms with van der Waals surface area (Å²) in [5.41, 5.74) is 8.71. The number of hydrogen-bond acceptors (Lipinski definition) is 6. The minimum absolute atomic E-state index is 0.169. The van der Waals surface area contributed by atoms with Crippen LogP contribution in [0.25, 0.3) is 0 Å². The molecular weight excluding hydrogens is 594 g/mol. The molecule has 2 fully saturated rings. The number of methoxy groups -OCH3 is 1. The number of nitrogens with zero attached hydrogens (tertiary/aromatic N) is 4. The smallest absolute Gasteiger partial charge is 0.232 e. The number of amides is 1. The van der Waals surface area contributed by atoms with Gasteiger partial charge in [0, 0.05) is 37.1 Å². The van der Waals surface area contributed by atoms with Crippen molar-refractivity contribution in [2.75, 3.05) is 52.9 Å². The van der Waals surface area contributed by atoms with Crippen molar-refractivity contribution in [2.24, 2.45) is 11.7 Å². The van der Waals surface area contributed by atoms with Crippen LogP contribution in [-0.4, -0.2) is 84.6 Å². The van der Waals surface area contributed by atoms with Crippen LogP contribution < -0.4 is 10.5 Å². The van der Waals surface area contributed by atoms with Gasteiger partial charge in [0.05, 0.1) is 7.11 Å². The monoisotopic (exact) mass is 653 g/mol. The lowest BCUT2D eigenvalue weighted by Gasteiger charge is -2.38. The number of piperidine rings is 1. The third-order valence-electron chi connectivity index (χ3n) is 11.0. The maximum absolute atomic E-state index is 13.4. The lowest BCUT2D eigenvalue weighted by molar-refractivity contribution is -0.123. The van der Waals surface area contributed by atoms with Crippen molar-refractivity contribution in [1.29, 1.82) is 0 Å². The summed E-state index contributed by atoms with van der Waals surface area (Å²) in [5, 5.41) is 0. The summed E-state index contributed by atoms with van der Waals surface area (Å²) in [4.78, 5) is 25.6. The summed E-state index contributed by atoms with van der Waals surface area (Å²) in [5.74, 6) is 0.873. The molecule has 5 rings (SSSR count). The highest BCUT2D eigenvalue weighted by molar-refractivity contribution is 5.91. The van der Waals surface area contributed by atoms with Crippen LogP contribution in [0.4, 0.5) is 0 Å². The van der Waals surface area contributed by atoms with E-state index in [1.807, 2.05) is 48.7 Å². The zero-order chi connectivity index (χ0) is 33.6. The van der Waals surface area contributed by atoms with Crippen molar-refractivity contribution in [3.8, 4) is 5.75 Å². The first-order valence-electron chi connectivity index (χ1n) is 18.6. The van der Waals surface area contributed by atoms with Gasteiger partial charge < -0.3 is 20.3 Å². The van der Waals surface area contributed by atoms with Crippen LogP contribution in [0.15, 0.2) is 79.1 Å². The zero-order valence-electron chi connectivity index (χ0n) is 29.6. The fraction of sp³-hybridized carbons (Fsp3) is 0.561. The summed E-state index contributed by atoms with van der Waals surface area (Å²) >= 11 is 0. The fourth-order valence-corrected chi connectivity index (χ4v) is 8.45. The minimum atomic E-state index is -0.798. The van der Waals surface area contributed by atoms with E-state index >= 15 is 0 Å². The van der Waals surface area contributed by atoms with E-state index in [1.165, 1.54) is 76.4 Å². The molecule has 0 unspecified atom stereocenters. The van der Waals surface area contributed by atoms with Gasteiger partial charge in [0.25, 0.3) is 0 Å². The van der Waals surface area contributed by atoms with Crippen molar-refractivity contribution >= 4 is 5.91 Å². The normalized spacial score (nSPS) is 18.0. The van der Waals surface area contributed by atoms with Gasteiger partial charge >= 0.3 is 0 Å². The molecule has 2 N–H and O–H groups in total. The quantitative estimate of drug-likeness (QED) is 0.142. The molecule has 1 amide bonds. The predicted octanol–water partition coefficient (Wildman–Crippen LogP) is 6.90. The number of nitrogens with two attached hydrogens (primary N) is 1. The average molecular weight is 654 g/mol. The van der Waals surface area contributed by atoms with Crippen molar-refractivity contribution in [1.82, 2.24) is 19.7 Å². The molecule has 2 saturated heterocycles. The summed E-state index contributed by atoms with van der Waals surface area (Å²) in [7, 11) is 1.74. The average Bonchev–Trinajstić information content (AvgIpc) is 3.59. The van der Waals surface area contributed by atoms with Gasteiger partial charge in [-0.15, -0.1) is 0 Å². The second-order valence-corrected chi connectivity index (χ2v) is 14.0. The lowest BCUT2D eigenvalue weighted by atomic mass is 9.64. The molecule has 0 bridgehead atoms. The third kappa shape index (κ3) is 9.04. The van der Waals surface area contributed by atoms with Crippen LogP contribution in [-0.2, 0) is 16.8 Å². The topological polar surface area (TPSA) is 74.9 Å². The number of likely N-dealkylation sites (tertiary alicyclic amines) is 2. The molecule has 0 saturated carbocycles. The van der Waals surface area contributed by atoms with Gasteiger partial charge in [0.2, 0.25) is 5.91 Å². The van der Waals surface area contributed by atoms with E-state index < -0.39 is 5.41 Å². The summed E-state index contributed by atoms with van der Waals surface area (Å²) in [6.45, 7) is 11.0. The standard InChI is InChI=1S/C41H59N5O2/c1-3-25-46(38-22-29-45(30-23-38)32-34-31-43-24-20-39(34)48-2)27-15-7-5-4-6-14-26-44-28-21-37(33-44)41(40(42)47,35-16-10-8-11-17-35)36-18-12-9-13-19-36/h8-13,16-20,24,31,37-38H,3-7,14-15,21-23,25-30,32-33H2,1-2H3,(H2,42,47)/t37-/m1/s1. The van der Waals surface area contributed by atoms with Gasteiger partial charge in [0.15, 0.2) is 0 Å². The molecule has 0 spiro atoms. The lowest BCUT2D eigenvalue weighted by Crippen LogP contribution is -2.49. The Morgan fingerprint density at radius 2 is 1.48 bits per heavy atom. The molecule has 2 aromatic carbocycles. The van der Waals surface area contributed by atoms with Crippen molar-refractivity contribution < 1.29 is 9.53 Å². The Labute approximate surface area is 289 Å². The van der Waals surface area contributed by atoms with Crippen LogP contribution in [0, 0.1) is 5.92 Å². The number of ether oxygens (including phenoxy) is 1. The predicted molar refractivity (Wildman–Crippen MR) is 196 cm³/mol. The molecule has 7 heteroatoms. The molecule has 48 heavy (non-hydrogen) atoms. The number of unbranched alkanes of at least 4 members (excludes halogenated alkanes) is 5. The number of rotatable bonds is 19. The number of pyridine rings is 1. The molecular formula is C41H59N5O2. The van der Waals surface area contributed by atoms with Gasteiger partial charge in [-0.2, -0.15) is 0 Å². The van der Waals surface area contributed by atoms with Crippen LogP contribution in [0.3, 0.4) is 0 Å². The summed E-state index contributed by atoms with van der Waals surface area (Å²) in [6.07, 6.45) is 16.2. The number of hydrogen-bond donors (Lipinski definition) is 1. The second-order valence-electron chi connectivity index (χ2n) is 14.0. The van der Waals surface area contributed by atoms with Crippen molar-refractivity contribution in [2.45, 2.75) is 89.1 Å². The number of aromatic nitrogens is 1. The molecule has 7 nitrogen and oxygen atoms in total. The second kappa shape index (κ2) is 18.5. The molecule has 3 heterocycles. The van der Waals surface area contributed by atoms with Crippen molar-refractivity contribution in [3.05, 3.63) is 95.8 Å². The molecule has 3 aromatic rings. The number of carbonyl (C=O) groups excluding carboxylic acids is 1. The number of carbonyl (C=O) groups is 1. The van der Waals surface area contributed by atoms with E-state index in [1.54, 1.807) is 13.3 Å². The Kier molecular flexibility index (Phi) is 13.9. The summed E-state index contributed by atoms with van der Waals surface area (Å²) in [6, 6.07) is 23.1. The van der Waals surface area contributed by atoms with Gasteiger partial charge in [0.1, 0.15) is 11.2 Å². The Bertz CT molecular complexity index is 1320. The van der Waals surface area contributed by atoms with E-state index in [2.05, 4.69) is 50.9 Å². The Hall–Kier alpha value is -3.26. The molecule has 2 aliphatic heterocycles. The Balaban J connectivity index is 1.00. The van der Waals surface area contributed by atoms with Gasteiger partial charge in [-0.05, 0) is 101 Å². The highest BCUT2D eigenvalue weighted by atomic mass is 16.5. The van der Waals surface area contributed by atoms with Crippen molar-refractivity contribution in [3.63, 3.8) is 0 Å². The van der Waals surface area contributed by atoms with Crippen LogP contribution in [0.5, 0.6) is 5.75 Å². The van der Waals surface area contributed by atoms with E-state index in [9.17, 15) is 4.79 Å². The zero-order valence-corrected chi connectivity index (χ0v) is 29.6. The molecule has 1 atom stereocenters. The highest BCUT2D eigenvalue weighted by Gasteiger charge is 2.49. The van der Waals surface area contributed by atoms with E-state index in [0.717, 1.165) is 62.6 Å².